The fraction of sp³-hybridized carbons (Fsp3) is 0.250. The van der Waals surface area contributed by atoms with E-state index in [0.717, 1.165) is 18.2 Å². The topological polar surface area (TPSA) is 26.0 Å². The van der Waals surface area contributed by atoms with Gasteiger partial charge in [0.05, 0.1) is 0 Å². The van der Waals surface area contributed by atoms with E-state index in [-0.39, 0.29) is 9.13 Å². The summed E-state index contributed by atoms with van der Waals surface area (Å²) in [5.74, 6) is -0.552. The Labute approximate surface area is 91.4 Å². The van der Waals surface area contributed by atoms with Crippen LogP contribution in [-0.2, 0) is 0 Å². The van der Waals surface area contributed by atoms with Gasteiger partial charge in [-0.05, 0) is 40.3 Å². The van der Waals surface area contributed by atoms with Crippen molar-refractivity contribution < 1.29 is 17.6 Å². The Kier molecular flexibility index (Phi) is 3.36. The van der Waals surface area contributed by atoms with Crippen molar-refractivity contribution in [2.75, 3.05) is 0 Å². The van der Waals surface area contributed by atoms with Crippen LogP contribution in [0, 0.1) is 9.39 Å². The largest absolute Gasteiger partial charge is 0.407 e. The van der Waals surface area contributed by atoms with Gasteiger partial charge in [0.15, 0.2) is 0 Å². The number of hydrogen-bond donors (Lipinski definition) is 1. The fourth-order valence-electron chi connectivity index (χ4n) is 0.895. The summed E-state index contributed by atoms with van der Waals surface area (Å²) in [4.78, 5) is 0. The minimum Gasteiger partial charge on any atom is -0.316 e. The Morgan fingerprint density at radius 3 is 2.29 bits per heavy atom. The molecule has 0 saturated carbocycles. The molecule has 14 heavy (non-hydrogen) atoms. The zero-order valence-electron chi connectivity index (χ0n) is 6.78. The van der Waals surface area contributed by atoms with Gasteiger partial charge in [-0.3, -0.25) is 0 Å². The molecule has 0 bridgehead atoms. The van der Waals surface area contributed by atoms with E-state index in [1.54, 1.807) is 22.6 Å². The fourth-order valence-corrected chi connectivity index (χ4v) is 1.43. The Morgan fingerprint density at radius 1 is 1.29 bits per heavy atom. The van der Waals surface area contributed by atoms with Crippen LogP contribution >= 0.6 is 22.6 Å². The number of halogens is 5. The molecule has 0 fully saturated rings. The van der Waals surface area contributed by atoms with Crippen molar-refractivity contribution in [1.82, 2.24) is 0 Å². The van der Waals surface area contributed by atoms with Crippen molar-refractivity contribution in [3.05, 3.63) is 33.1 Å². The van der Waals surface area contributed by atoms with Crippen LogP contribution in [0.5, 0.6) is 0 Å². The number of benzene rings is 1. The summed E-state index contributed by atoms with van der Waals surface area (Å²) in [5.41, 5.74) is 4.80. The molecule has 0 aliphatic carbocycles. The standard InChI is InChI=1S/C8H6F4IN/c9-5-2-1-4(3-6(5)13)7(14)8(10,11)12/h1-3,7H,14H2/t7-/m1/s1. The molecule has 1 atom stereocenters. The number of nitrogens with two attached hydrogens (primary N) is 1. The molecule has 0 aromatic heterocycles. The van der Waals surface area contributed by atoms with Crippen molar-refractivity contribution in [3.63, 3.8) is 0 Å². The Balaban J connectivity index is 3.03. The molecule has 78 valence electrons. The zero-order chi connectivity index (χ0) is 10.9. The van der Waals surface area contributed by atoms with Gasteiger partial charge >= 0.3 is 6.18 Å². The van der Waals surface area contributed by atoms with Gasteiger partial charge in [0, 0.05) is 3.57 Å². The van der Waals surface area contributed by atoms with Crippen LogP contribution in [0.1, 0.15) is 11.6 Å². The summed E-state index contributed by atoms with van der Waals surface area (Å²) in [6.45, 7) is 0. The van der Waals surface area contributed by atoms with E-state index in [1.807, 2.05) is 0 Å². The van der Waals surface area contributed by atoms with Crippen molar-refractivity contribution in [3.8, 4) is 0 Å². The molecule has 0 spiro atoms. The molecule has 0 radical (unpaired) electrons. The van der Waals surface area contributed by atoms with E-state index in [4.69, 9.17) is 5.73 Å². The second-order valence-corrected chi connectivity index (χ2v) is 3.86. The van der Waals surface area contributed by atoms with Gasteiger partial charge in [0.25, 0.3) is 0 Å². The third kappa shape index (κ3) is 2.57. The third-order valence-electron chi connectivity index (χ3n) is 1.66. The summed E-state index contributed by atoms with van der Waals surface area (Å²) in [5, 5.41) is 0. The minimum atomic E-state index is -4.50. The minimum absolute atomic E-state index is 0.125. The Bertz CT molecular complexity index is 337. The maximum Gasteiger partial charge on any atom is 0.407 e. The summed E-state index contributed by atoms with van der Waals surface area (Å²) in [7, 11) is 0. The summed E-state index contributed by atoms with van der Waals surface area (Å²) in [6, 6.07) is 1.04. The number of hydrogen-bond acceptors (Lipinski definition) is 1. The molecule has 0 amide bonds. The monoisotopic (exact) mass is 319 g/mol. The summed E-state index contributed by atoms with van der Waals surface area (Å²) in [6.07, 6.45) is -4.50. The van der Waals surface area contributed by atoms with Gasteiger partial charge in [-0.15, -0.1) is 0 Å². The van der Waals surface area contributed by atoms with Gasteiger partial charge in [-0.1, -0.05) is 6.07 Å². The van der Waals surface area contributed by atoms with E-state index in [1.165, 1.54) is 0 Å². The molecule has 1 aromatic carbocycles. The second-order valence-electron chi connectivity index (χ2n) is 2.69. The van der Waals surface area contributed by atoms with Crippen LogP contribution in [0.3, 0.4) is 0 Å². The molecular weight excluding hydrogens is 313 g/mol. The summed E-state index contributed by atoms with van der Waals surface area (Å²) < 4.78 is 49.3. The molecule has 0 aliphatic heterocycles. The van der Waals surface area contributed by atoms with Crippen molar-refractivity contribution in [2.45, 2.75) is 12.2 Å². The lowest BCUT2D eigenvalue weighted by molar-refractivity contribution is -0.149. The quantitative estimate of drug-likeness (QED) is 0.625. The molecule has 1 aromatic rings. The highest BCUT2D eigenvalue weighted by Gasteiger charge is 2.37. The smallest absolute Gasteiger partial charge is 0.316 e. The lowest BCUT2D eigenvalue weighted by Gasteiger charge is -2.15. The Morgan fingerprint density at radius 2 is 1.86 bits per heavy atom. The van der Waals surface area contributed by atoms with Crippen LogP contribution < -0.4 is 5.73 Å². The molecule has 0 aliphatic rings. The first-order valence-corrected chi connectivity index (χ1v) is 4.67. The van der Waals surface area contributed by atoms with Gasteiger partial charge in [0.1, 0.15) is 11.9 Å². The average molecular weight is 319 g/mol. The number of rotatable bonds is 1. The van der Waals surface area contributed by atoms with Crippen molar-refractivity contribution >= 4 is 22.6 Å². The first-order valence-electron chi connectivity index (χ1n) is 3.59. The molecule has 0 unspecified atom stereocenters. The highest BCUT2D eigenvalue weighted by molar-refractivity contribution is 14.1. The van der Waals surface area contributed by atoms with Crippen LogP contribution in [0.2, 0.25) is 0 Å². The predicted octanol–water partition coefficient (Wildman–Crippen LogP) is 2.99. The SMILES string of the molecule is N[C@H](c1ccc(F)c(I)c1)C(F)(F)F. The molecule has 0 saturated heterocycles. The van der Waals surface area contributed by atoms with Gasteiger partial charge in [-0.25, -0.2) is 4.39 Å². The van der Waals surface area contributed by atoms with Crippen LogP contribution in [0.15, 0.2) is 18.2 Å². The highest BCUT2D eigenvalue weighted by atomic mass is 127. The van der Waals surface area contributed by atoms with E-state index in [9.17, 15) is 17.6 Å². The first-order chi connectivity index (χ1) is 6.32. The third-order valence-corrected chi connectivity index (χ3v) is 2.48. The van der Waals surface area contributed by atoms with Gasteiger partial charge < -0.3 is 5.73 Å². The van der Waals surface area contributed by atoms with E-state index in [0.29, 0.717) is 0 Å². The maximum atomic E-state index is 12.7. The van der Waals surface area contributed by atoms with Crippen LogP contribution in [0.25, 0.3) is 0 Å². The second kappa shape index (κ2) is 4.01. The van der Waals surface area contributed by atoms with E-state index in [2.05, 4.69) is 0 Å². The number of alkyl halides is 3. The van der Waals surface area contributed by atoms with Crippen molar-refractivity contribution in [2.24, 2.45) is 5.73 Å². The summed E-state index contributed by atoms with van der Waals surface area (Å²) >= 11 is 1.61. The lowest BCUT2D eigenvalue weighted by atomic mass is 10.1. The van der Waals surface area contributed by atoms with Crippen molar-refractivity contribution in [1.29, 1.82) is 0 Å². The van der Waals surface area contributed by atoms with E-state index >= 15 is 0 Å². The average Bonchev–Trinajstić information content (AvgIpc) is 2.07. The van der Waals surface area contributed by atoms with E-state index < -0.39 is 18.0 Å². The van der Waals surface area contributed by atoms with Gasteiger partial charge in [-0.2, -0.15) is 13.2 Å². The molecule has 1 nitrogen and oxygen atoms in total. The predicted molar refractivity (Wildman–Crippen MR) is 52.1 cm³/mol. The van der Waals surface area contributed by atoms with Crippen LogP contribution in [-0.4, -0.2) is 6.18 Å². The first kappa shape index (κ1) is 11.7. The normalized spacial score (nSPS) is 14.1. The highest BCUT2D eigenvalue weighted by Crippen LogP contribution is 2.31. The zero-order valence-corrected chi connectivity index (χ0v) is 8.93. The molecule has 6 heteroatoms. The lowest BCUT2D eigenvalue weighted by Crippen LogP contribution is -2.28. The van der Waals surface area contributed by atoms with Gasteiger partial charge in [0.2, 0.25) is 0 Å². The van der Waals surface area contributed by atoms with Crippen LogP contribution in [0.4, 0.5) is 17.6 Å². The Hall–Kier alpha value is -0.370. The molecular formula is C8H6F4IN. The molecule has 1 rings (SSSR count). The maximum absolute atomic E-state index is 12.7. The molecule has 0 heterocycles. The molecule has 2 N–H and O–H groups in total.